The van der Waals surface area contributed by atoms with Gasteiger partial charge in [-0.3, -0.25) is 4.79 Å². The zero-order chi connectivity index (χ0) is 13.1. The van der Waals surface area contributed by atoms with E-state index in [4.69, 9.17) is 5.11 Å². The molecule has 0 aromatic carbocycles. The van der Waals surface area contributed by atoms with Gasteiger partial charge in [0.05, 0.1) is 12.7 Å². The molecule has 8 heteroatoms. The lowest BCUT2D eigenvalue weighted by Crippen LogP contribution is -2.29. The highest BCUT2D eigenvalue weighted by Gasteiger charge is 2.23. The number of hydrogen-bond donors (Lipinski definition) is 1. The summed E-state index contributed by atoms with van der Waals surface area (Å²) in [5, 5.41) is 8.44. The van der Waals surface area contributed by atoms with Gasteiger partial charge in [0.25, 0.3) is 10.0 Å². The second-order valence-electron chi connectivity index (χ2n) is 3.51. The van der Waals surface area contributed by atoms with Gasteiger partial charge >= 0.3 is 5.97 Å². The third-order valence-corrected chi connectivity index (χ3v) is 4.03. The minimum absolute atomic E-state index is 0.0627. The maximum Gasteiger partial charge on any atom is 0.304 e. The molecule has 0 spiro atoms. The normalized spacial score (nSPS) is 11.9. The Kier molecular flexibility index (Phi) is 4.24. The molecule has 0 radical (unpaired) electrons. The van der Waals surface area contributed by atoms with E-state index >= 15 is 0 Å². The first-order valence-electron chi connectivity index (χ1n) is 5.07. The molecule has 1 aromatic rings. The van der Waals surface area contributed by atoms with Crippen molar-refractivity contribution >= 4 is 16.0 Å². The molecule has 1 N–H and O–H groups in total. The Bertz CT molecular complexity index is 494. The number of aryl methyl sites for hydroxylation is 1. The molecule has 17 heavy (non-hydrogen) atoms. The third kappa shape index (κ3) is 3.27. The number of carbonyl (C=O) groups is 1. The van der Waals surface area contributed by atoms with Crippen LogP contribution < -0.4 is 0 Å². The molecule has 0 saturated heterocycles. The number of rotatable bonds is 6. The first kappa shape index (κ1) is 13.7. The van der Waals surface area contributed by atoms with Crippen LogP contribution in [0.3, 0.4) is 0 Å². The molecule has 0 bridgehead atoms. The van der Waals surface area contributed by atoms with Crippen LogP contribution in [0, 0.1) is 0 Å². The van der Waals surface area contributed by atoms with Crippen molar-refractivity contribution in [3.8, 4) is 0 Å². The fraction of sp³-hybridized carbons (Fsp3) is 0.556. The maximum atomic E-state index is 11.9. The number of sulfonamides is 1. The van der Waals surface area contributed by atoms with E-state index < -0.39 is 16.0 Å². The van der Waals surface area contributed by atoms with E-state index in [9.17, 15) is 13.2 Å². The van der Waals surface area contributed by atoms with Crippen LogP contribution in [0.1, 0.15) is 13.3 Å². The Morgan fingerprint density at radius 3 is 2.71 bits per heavy atom. The van der Waals surface area contributed by atoms with Gasteiger partial charge in [0.1, 0.15) is 0 Å². The lowest BCUT2D eigenvalue weighted by Gasteiger charge is -2.13. The molecular formula is C9H15N3O4S. The summed E-state index contributed by atoms with van der Waals surface area (Å²) in [7, 11) is -2.35. The number of hydrogen-bond acceptors (Lipinski definition) is 4. The lowest BCUT2D eigenvalue weighted by atomic mass is 10.4. The van der Waals surface area contributed by atoms with E-state index in [1.807, 2.05) is 6.92 Å². The van der Waals surface area contributed by atoms with Crippen LogP contribution in [0.15, 0.2) is 17.6 Å². The average Bonchev–Trinajstić information content (AvgIpc) is 2.74. The Morgan fingerprint density at radius 1 is 1.59 bits per heavy atom. The minimum atomic E-state index is -3.69. The summed E-state index contributed by atoms with van der Waals surface area (Å²) < 4.78 is 26.5. The van der Waals surface area contributed by atoms with E-state index in [1.165, 1.54) is 19.6 Å². The fourth-order valence-electron chi connectivity index (χ4n) is 1.18. The Labute approximate surface area is 99.7 Å². The maximum absolute atomic E-state index is 11.9. The van der Waals surface area contributed by atoms with E-state index in [2.05, 4.69) is 4.98 Å². The van der Waals surface area contributed by atoms with Crippen molar-refractivity contribution in [3.63, 3.8) is 0 Å². The fourth-order valence-corrected chi connectivity index (χ4v) is 2.28. The van der Waals surface area contributed by atoms with Gasteiger partial charge in [-0.1, -0.05) is 0 Å². The first-order valence-corrected chi connectivity index (χ1v) is 6.52. The first-order chi connectivity index (χ1) is 7.87. The number of imidazole rings is 1. The molecule has 0 atom stereocenters. The monoisotopic (exact) mass is 261 g/mol. The summed E-state index contributed by atoms with van der Waals surface area (Å²) >= 11 is 0. The predicted octanol–water partition coefficient (Wildman–Crippen LogP) is -0.00180. The average molecular weight is 261 g/mol. The van der Waals surface area contributed by atoms with Crippen molar-refractivity contribution in [3.05, 3.63) is 12.5 Å². The molecule has 0 aliphatic rings. The number of aromatic nitrogens is 2. The van der Waals surface area contributed by atoms with E-state index in [-0.39, 0.29) is 18.0 Å². The van der Waals surface area contributed by atoms with Crippen molar-refractivity contribution in [2.75, 3.05) is 13.6 Å². The zero-order valence-corrected chi connectivity index (χ0v) is 10.5. The molecule has 1 rings (SSSR count). The molecule has 0 saturated carbocycles. The SMILES string of the molecule is CCn1cnc(S(=O)(=O)N(C)CCC(=O)O)c1. The van der Waals surface area contributed by atoms with Gasteiger partial charge in [0.15, 0.2) is 5.03 Å². The lowest BCUT2D eigenvalue weighted by molar-refractivity contribution is -0.137. The van der Waals surface area contributed by atoms with Gasteiger partial charge in [-0.05, 0) is 6.92 Å². The van der Waals surface area contributed by atoms with Gasteiger partial charge in [-0.25, -0.2) is 13.4 Å². The molecule has 0 amide bonds. The van der Waals surface area contributed by atoms with E-state index in [0.717, 1.165) is 4.31 Å². The number of aliphatic carboxylic acids is 1. The summed E-state index contributed by atoms with van der Waals surface area (Å²) in [4.78, 5) is 14.2. The Morgan fingerprint density at radius 2 is 2.24 bits per heavy atom. The number of nitrogens with zero attached hydrogens (tertiary/aromatic N) is 3. The van der Waals surface area contributed by atoms with Crippen LogP contribution in [0.2, 0.25) is 0 Å². The summed E-state index contributed by atoms with van der Waals surface area (Å²) in [6, 6.07) is 0. The molecule has 1 heterocycles. The smallest absolute Gasteiger partial charge is 0.304 e. The van der Waals surface area contributed by atoms with Crippen LogP contribution >= 0.6 is 0 Å². The van der Waals surface area contributed by atoms with Crippen LogP contribution in [-0.4, -0.2) is 46.9 Å². The highest BCUT2D eigenvalue weighted by Crippen LogP contribution is 2.11. The van der Waals surface area contributed by atoms with Crippen LogP contribution in [0.4, 0.5) is 0 Å². The van der Waals surface area contributed by atoms with Gasteiger partial charge in [0, 0.05) is 26.3 Å². The Balaban J connectivity index is 2.83. The van der Waals surface area contributed by atoms with Crippen LogP contribution in [0.25, 0.3) is 0 Å². The van der Waals surface area contributed by atoms with Gasteiger partial charge in [-0.2, -0.15) is 4.31 Å². The molecule has 1 aromatic heterocycles. The standard InChI is InChI=1S/C9H15N3O4S/c1-3-12-6-8(10-7-12)17(15,16)11(2)5-4-9(13)14/h6-7H,3-5H2,1-2H3,(H,13,14). The van der Waals surface area contributed by atoms with Crippen LogP contribution in [0.5, 0.6) is 0 Å². The highest BCUT2D eigenvalue weighted by molar-refractivity contribution is 7.89. The van der Waals surface area contributed by atoms with Crippen molar-refractivity contribution in [1.82, 2.24) is 13.9 Å². The van der Waals surface area contributed by atoms with Crippen molar-refractivity contribution in [2.45, 2.75) is 24.9 Å². The second-order valence-corrected chi connectivity index (χ2v) is 5.50. The number of carboxylic acid groups (broad SMARTS) is 1. The molecule has 0 fully saturated rings. The topological polar surface area (TPSA) is 92.5 Å². The Hall–Kier alpha value is -1.41. The van der Waals surface area contributed by atoms with Gasteiger partial charge in [0.2, 0.25) is 0 Å². The van der Waals surface area contributed by atoms with Crippen molar-refractivity contribution < 1.29 is 18.3 Å². The zero-order valence-electron chi connectivity index (χ0n) is 9.70. The van der Waals surface area contributed by atoms with Crippen molar-refractivity contribution in [1.29, 1.82) is 0 Å². The van der Waals surface area contributed by atoms with E-state index in [0.29, 0.717) is 6.54 Å². The molecule has 0 aliphatic heterocycles. The predicted molar refractivity (Wildman–Crippen MR) is 60.0 cm³/mol. The third-order valence-electron chi connectivity index (χ3n) is 2.29. The molecule has 0 unspecified atom stereocenters. The highest BCUT2D eigenvalue weighted by atomic mass is 32.2. The van der Waals surface area contributed by atoms with E-state index in [1.54, 1.807) is 4.57 Å². The van der Waals surface area contributed by atoms with Gasteiger partial charge in [-0.15, -0.1) is 0 Å². The summed E-state index contributed by atoms with van der Waals surface area (Å²) in [5.41, 5.74) is 0. The molecule has 96 valence electrons. The second kappa shape index (κ2) is 5.28. The molecule has 7 nitrogen and oxygen atoms in total. The van der Waals surface area contributed by atoms with Gasteiger partial charge < -0.3 is 9.67 Å². The summed E-state index contributed by atoms with van der Waals surface area (Å²) in [5.74, 6) is -1.04. The molecular weight excluding hydrogens is 246 g/mol. The number of carboxylic acids is 1. The largest absolute Gasteiger partial charge is 0.481 e. The quantitative estimate of drug-likeness (QED) is 0.778. The van der Waals surface area contributed by atoms with Crippen LogP contribution in [-0.2, 0) is 21.4 Å². The summed E-state index contributed by atoms with van der Waals surface area (Å²) in [6.45, 7) is 2.42. The minimum Gasteiger partial charge on any atom is -0.481 e. The molecule has 0 aliphatic carbocycles. The van der Waals surface area contributed by atoms with Crippen molar-refractivity contribution in [2.24, 2.45) is 0 Å². The summed E-state index contributed by atoms with van der Waals surface area (Å²) in [6.07, 6.45) is 2.62.